The molecule has 0 saturated carbocycles. The van der Waals surface area contributed by atoms with Crippen molar-refractivity contribution in [2.75, 3.05) is 0 Å². The number of carbonyl (C=O) groups excluding carboxylic acids is 1. The number of nitrogens with zero attached hydrogens (tertiary/aromatic N) is 2. The van der Waals surface area contributed by atoms with E-state index in [1.165, 1.54) is 13.8 Å². The van der Waals surface area contributed by atoms with Crippen molar-refractivity contribution in [3.05, 3.63) is 41.3 Å². The second kappa shape index (κ2) is 5.89. The molecule has 0 radical (unpaired) electrons. The third-order valence-electron chi connectivity index (χ3n) is 2.03. The van der Waals surface area contributed by atoms with Crippen LogP contribution in [0.25, 0.3) is 0 Å². The Labute approximate surface area is 98.5 Å². The predicted molar refractivity (Wildman–Crippen MR) is 61.8 cm³/mol. The van der Waals surface area contributed by atoms with Crippen LogP contribution in [0.3, 0.4) is 0 Å². The average Bonchev–Trinajstić information content (AvgIpc) is 2.29. The lowest BCUT2D eigenvalue weighted by Gasteiger charge is -1.97. The Morgan fingerprint density at radius 1 is 1.29 bits per heavy atom. The highest BCUT2D eigenvalue weighted by Gasteiger charge is 2.06. The molecule has 1 rings (SSSR count). The van der Waals surface area contributed by atoms with E-state index in [1.807, 2.05) is 0 Å². The summed E-state index contributed by atoms with van der Waals surface area (Å²) in [6, 6.07) is 6.33. The zero-order chi connectivity index (χ0) is 12.8. The fourth-order valence-corrected chi connectivity index (χ4v) is 1.16. The molecule has 1 aromatic carbocycles. The van der Waals surface area contributed by atoms with E-state index in [0.717, 1.165) is 0 Å². The van der Waals surface area contributed by atoms with Crippen LogP contribution in [0.2, 0.25) is 0 Å². The molecule has 0 amide bonds. The minimum Gasteiger partial charge on any atom is -0.510 e. The molecule has 5 heteroatoms. The summed E-state index contributed by atoms with van der Waals surface area (Å²) >= 11 is 0. The molecule has 0 bridgehead atoms. The monoisotopic (exact) mass is 236 g/mol. The van der Waals surface area contributed by atoms with Crippen molar-refractivity contribution in [3.63, 3.8) is 0 Å². The number of aliphatic hydroxyl groups excluding tert-OH is 1. The van der Waals surface area contributed by atoms with E-state index in [-0.39, 0.29) is 17.2 Å². The Hall–Kier alpha value is -2.04. The number of halogens is 1. The highest BCUT2D eigenvalue weighted by molar-refractivity contribution is 5.93. The summed E-state index contributed by atoms with van der Waals surface area (Å²) in [5, 5.41) is 16.6. The number of allylic oxidation sites excluding steroid dienone is 2. The van der Waals surface area contributed by atoms with E-state index in [2.05, 4.69) is 10.2 Å². The van der Waals surface area contributed by atoms with Gasteiger partial charge in [0.1, 0.15) is 12.4 Å². The summed E-state index contributed by atoms with van der Waals surface area (Å²) in [5.74, 6) is -0.546. The molecule has 4 nitrogen and oxygen atoms in total. The Morgan fingerprint density at radius 2 is 1.88 bits per heavy atom. The number of aliphatic hydroxyl groups is 1. The number of hydrogen-bond acceptors (Lipinski definition) is 4. The van der Waals surface area contributed by atoms with Gasteiger partial charge in [0.15, 0.2) is 11.5 Å². The Balaban J connectivity index is 2.89. The first-order chi connectivity index (χ1) is 8.04. The lowest BCUT2D eigenvalue weighted by molar-refractivity contribution is -0.113. The van der Waals surface area contributed by atoms with Crippen molar-refractivity contribution in [1.82, 2.24) is 0 Å². The summed E-state index contributed by atoms with van der Waals surface area (Å²) in [4.78, 5) is 11.1. The van der Waals surface area contributed by atoms with E-state index in [0.29, 0.717) is 11.3 Å². The van der Waals surface area contributed by atoms with E-state index < -0.39 is 6.67 Å². The van der Waals surface area contributed by atoms with Gasteiger partial charge in [-0.25, -0.2) is 4.39 Å². The first-order valence-corrected chi connectivity index (χ1v) is 5.02. The van der Waals surface area contributed by atoms with Crippen LogP contribution in [0.5, 0.6) is 0 Å². The third kappa shape index (κ3) is 3.79. The maximum Gasteiger partial charge on any atom is 0.183 e. The summed E-state index contributed by atoms with van der Waals surface area (Å²) in [7, 11) is 0. The number of azo groups is 1. The van der Waals surface area contributed by atoms with Gasteiger partial charge in [0.05, 0.1) is 5.69 Å². The van der Waals surface area contributed by atoms with Crippen molar-refractivity contribution in [2.24, 2.45) is 10.2 Å². The molecule has 0 aromatic heterocycles. The van der Waals surface area contributed by atoms with Crippen LogP contribution < -0.4 is 0 Å². The first-order valence-electron chi connectivity index (χ1n) is 5.02. The molecule has 0 saturated heterocycles. The summed E-state index contributed by atoms with van der Waals surface area (Å²) in [6.07, 6.45) is 0. The first kappa shape index (κ1) is 13.0. The molecule has 0 fully saturated rings. The fourth-order valence-electron chi connectivity index (χ4n) is 1.16. The van der Waals surface area contributed by atoms with E-state index in [4.69, 9.17) is 0 Å². The van der Waals surface area contributed by atoms with Gasteiger partial charge in [-0.3, -0.25) is 4.79 Å². The number of ketones is 1. The number of carbonyl (C=O) groups is 1. The van der Waals surface area contributed by atoms with Gasteiger partial charge in [0.2, 0.25) is 0 Å². The number of benzene rings is 1. The van der Waals surface area contributed by atoms with Gasteiger partial charge < -0.3 is 5.11 Å². The van der Waals surface area contributed by atoms with Gasteiger partial charge in [-0.1, -0.05) is 12.1 Å². The Morgan fingerprint density at radius 3 is 2.29 bits per heavy atom. The molecule has 90 valence electrons. The predicted octanol–water partition coefficient (Wildman–Crippen LogP) is 3.62. The van der Waals surface area contributed by atoms with Crippen molar-refractivity contribution in [2.45, 2.75) is 20.5 Å². The number of Topliss-reactive ketones (excluding diaryl/α,β-unsaturated/α-hetero) is 1. The SMILES string of the molecule is CC(=O)C(N=Nc1ccc(CF)cc1)=C(C)O. The van der Waals surface area contributed by atoms with Crippen LogP contribution in [0.15, 0.2) is 46.0 Å². The molecule has 1 aromatic rings. The van der Waals surface area contributed by atoms with Gasteiger partial charge >= 0.3 is 0 Å². The van der Waals surface area contributed by atoms with Crippen molar-refractivity contribution in [1.29, 1.82) is 0 Å². The summed E-state index contributed by atoms with van der Waals surface area (Å²) < 4.78 is 12.2. The van der Waals surface area contributed by atoms with Gasteiger partial charge in [0.25, 0.3) is 0 Å². The molecular weight excluding hydrogens is 223 g/mol. The van der Waals surface area contributed by atoms with Crippen LogP contribution in [-0.2, 0) is 11.5 Å². The van der Waals surface area contributed by atoms with Gasteiger partial charge in [-0.15, -0.1) is 5.11 Å². The van der Waals surface area contributed by atoms with Crippen molar-refractivity contribution in [3.8, 4) is 0 Å². The summed E-state index contributed by atoms with van der Waals surface area (Å²) in [6.45, 7) is 2.12. The largest absolute Gasteiger partial charge is 0.510 e. The molecule has 1 N–H and O–H groups in total. The van der Waals surface area contributed by atoms with E-state index in [1.54, 1.807) is 24.3 Å². The molecule has 0 aliphatic rings. The topological polar surface area (TPSA) is 62.0 Å². The van der Waals surface area contributed by atoms with Gasteiger partial charge in [-0.2, -0.15) is 5.11 Å². The summed E-state index contributed by atoms with van der Waals surface area (Å²) in [5.41, 5.74) is 0.950. The molecule has 17 heavy (non-hydrogen) atoms. The molecule has 0 unspecified atom stereocenters. The Kier molecular flexibility index (Phi) is 4.51. The van der Waals surface area contributed by atoms with Gasteiger partial charge in [-0.05, 0) is 24.6 Å². The lowest BCUT2D eigenvalue weighted by Crippen LogP contribution is -1.96. The highest BCUT2D eigenvalue weighted by Crippen LogP contribution is 2.16. The number of hydrogen-bond donors (Lipinski definition) is 1. The van der Waals surface area contributed by atoms with E-state index >= 15 is 0 Å². The molecule has 0 aliphatic carbocycles. The van der Waals surface area contributed by atoms with Crippen LogP contribution >= 0.6 is 0 Å². The minimum atomic E-state index is -0.536. The van der Waals surface area contributed by atoms with Crippen LogP contribution in [0.4, 0.5) is 10.1 Å². The van der Waals surface area contributed by atoms with Crippen molar-refractivity contribution >= 4 is 11.5 Å². The third-order valence-corrected chi connectivity index (χ3v) is 2.03. The van der Waals surface area contributed by atoms with E-state index in [9.17, 15) is 14.3 Å². The quantitative estimate of drug-likeness (QED) is 0.493. The molecule has 0 heterocycles. The van der Waals surface area contributed by atoms with Crippen LogP contribution in [0.1, 0.15) is 19.4 Å². The fraction of sp³-hybridized carbons (Fsp3) is 0.250. The number of rotatable bonds is 4. The smallest absolute Gasteiger partial charge is 0.183 e. The molecular formula is C12H13FN2O2. The number of alkyl halides is 1. The molecule has 0 aliphatic heterocycles. The average molecular weight is 236 g/mol. The van der Waals surface area contributed by atoms with Gasteiger partial charge in [0, 0.05) is 6.92 Å². The maximum atomic E-state index is 12.2. The lowest BCUT2D eigenvalue weighted by atomic mass is 10.2. The maximum absolute atomic E-state index is 12.2. The zero-order valence-corrected chi connectivity index (χ0v) is 9.64. The van der Waals surface area contributed by atoms with Crippen LogP contribution in [-0.4, -0.2) is 10.9 Å². The van der Waals surface area contributed by atoms with Crippen LogP contribution in [0, 0.1) is 0 Å². The molecule has 0 atom stereocenters. The second-order valence-electron chi connectivity index (χ2n) is 3.49. The molecule has 0 spiro atoms. The highest BCUT2D eigenvalue weighted by atomic mass is 19.1. The normalized spacial score (nSPS) is 12.6. The minimum absolute atomic E-state index is 0.0837. The zero-order valence-electron chi connectivity index (χ0n) is 9.64. The van der Waals surface area contributed by atoms with Crippen molar-refractivity contribution < 1.29 is 14.3 Å². The standard InChI is InChI=1S/C12H13FN2O2/c1-8(16)12(9(2)17)15-14-11-5-3-10(7-13)4-6-11/h3-6,16H,7H2,1-2H3. The Bertz CT molecular complexity index is 460. The second-order valence-corrected chi connectivity index (χ2v) is 3.49.